The van der Waals surface area contributed by atoms with Gasteiger partial charge in [0, 0.05) is 40.4 Å². The fourth-order valence-corrected chi connectivity index (χ4v) is 5.21. The van der Waals surface area contributed by atoms with E-state index < -0.39 is 0 Å². The highest BCUT2D eigenvalue weighted by Crippen LogP contribution is 2.44. The maximum absolute atomic E-state index is 12.4. The molecule has 2 N–H and O–H groups in total. The zero-order chi connectivity index (χ0) is 18.4. The largest absolute Gasteiger partial charge is 0.338 e. The summed E-state index contributed by atoms with van der Waals surface area (Å²) >= 11 is 1.69. The van der Waals surface area contributed by atoms with Gasteiger partial charge in [0.15, 0.2) is 0 Å². The fraction of sp³-hybridized carbons (Fsp3) is 0.600. The number of hydrogen-bond acceptors (Lipinski definition) is 6. The van der Waals surface area contributed by atoms with Gasteiger partial charge in [0.1, 0.15) is 0 Å². The third-order valence-electron chi connectivity index (χ3n) is 5.95. The van der Waals surface area contributed by atoms with Gasteiger partial charge in [-0.05, 0) is 58.2 Å². The van der Waals surface area contributed by atoms with Crippen molar-refractivity contribution in [1.82, 2.24) is 15.4 Å². The normalized spacial score (nSPS) is 26.3. The molecule has 2 aromatic heterocycles. The molecule has 144 valence electrons. The van der Waals surface area contributed by atoms with Crippen molar-refractivity contribution in [2.75, 3.05) is 18.4 Å². The van der Waals surface area contributed by atoms with Crippen molar-refractivity contribution in [3.8, 4) is 0 Å². The van der Waals surface area contributed by atoms with Crippen molar-refractivity contribution in [2.24, 2.45) is 0 Å². The Balaban J connectivity index is 1.12. The van der Waals surface area contributed by atoms with E-state index in [4.69, 9.17) is 4.52 Å². The Bertz CT molecular complexity index is 820. The summed E-state index contributed by atoms with van der Waals surface area (Å²) in [6.07, 6.45) is 6.55. The van der Waals surface area contributed by atoms with Crippen LogP contribution in [0.1, 0.15) is 59.0 Å². The molecule has 7 heteroatoms. The maximum Gasteiger partial charge on any atom is 0.258 e. The highest BCUT2D eigenvalue weighted by molar-refractivity contribution is 7.10. The third-order valence-corrected chi connectivity index (χ3v) is 7.01. The van der Waals surface area contributed by atoms with Crippen molar-refractivity contribution < 1.29 is 9.32 Å². The molecular formula is C20H26N4O2S. The number of aromatic nitrogens is 1. The molecular weight excluding hydrogens is 360 g/mol. The van der Waals surface area contributed by atoms with Gasteiger partial charge in [-0.1, -0.05) is 5.16 Å². The standard InChI is InChI=1S/C20H26N4O2S/c1-12-8-19(26-23-12)22-20(25)13-9-18(27-11-13)16-10-17(16)21-14-4-6-24(7-5-14)15-2-3-15/h8-9,11,14-17,21H,2-7,10H2,1H3,(H,22,25). The van der Waals surface area contributed by atoms with Crippen LogP contribution in [-0.2, 0) is 0 Å². The average molecular weight is 387 g/mol. The maximum atomic E-state index is 12.4. The van der Waals surface area contributed by atoms with E-state index in [0.717, 1.165) is 11.7 Å². The van der Waals surface area contributed by atoms with Gasteiger partial charge in [-0.25, -0.2) is 0 Å². The predicted molar refractivity (Wildman–Crippen MR) is 105 cm³/mol. The number of carbonyl (C=O) groups is 1. The molecule has 0 radical (unpaired) electrons. The molecule has 1 saturated heterocycles. The molecule has 2 unspecified atom stereocenters. The molecule has 1 aliphatic heterocycles. The number of piperidine rings is 1. The molecule has 2 atom stereocenters. The van der Waals surface area contributed by atoms with Crippen LogP contribution in [0.5, 0.6) is 0 Å². The summed E-state index contributed by atoms with van der Waals surface area (Å²) in [7, 11) is 0. The summed E-state index contributed by atoms with van der Waals surface area (Å²) in [5, 5.41) is 12.4. The van der Waals surface area contributed by atoms with E-state index in [9.17, 15) is 4.79 Å². The van der Waals surface area contributed by atoms with Crippen LogP contribution in [0.4, 0.5) is 5.88 Å². The molecule has 2 saturated carbocycles. The number of rotatable bonds is 6. The van der Waals surface area contributed by atoms with Gasteiger partial charge in [0.25, 0.3) is 5.91 Å². The second kappa shape index (κ2) is 7.04. The Hall–Kier alpha value is -1.70. The first-order valence-corrected chi connectivity index (χ1v) is 10.9. The van der Waals surface area contributed by atoms with Crippen LogP contribution in [0, 0.1) is 6.92 Å². The van der Waals surface area contributed by atoms with E-state index in [1.807, 2.05) is 18.4 Å². The van der Waals surface area contributed by atoms with Gasteiger partial charge in [-0.15, -0.1) is 11.3 Å². The van der Waals surface area contributed by atoms with Crippen LogP contribution in [-0.4, -0.2) is 47.2 Å². The molecule has 2 aromatic rings. The number of anilines is 1. The van der Waals surface area contributed by atoms with Crippen LogP contribution < -0.4 is 10.6 Å². The fourth-order valence-electron chi connectivity index (χ4n) is 4.14. The minimum atomic E-state index is -0.133. The minimum Gasteiger partial charge on any atom is -0.338 e. The first-order chi connectivity index (χ1) is 13.2. The van der Waals surface area contributed by atoms with Crippen molar-refractivity contribution in [3.05, 3.63) is 33.6 Å². The zero-order valence-corrected chi connectivity index (χ0v) is 16.4. The molecule has 3 aliphatic rings. The van der Waals surface area contributed by atoms with Gasteiger partial charge < -0.3 is 14.7 Å². The Labute approximate surface area is 163 Å². The monoisotopic (exact) mass is 386 g/mol. The lowest BCUT2D eigenvalue weighted by molar-refractivity contribution is 0.102. The number of hydrogen-bond donors (Lipinski definition) is 2. The van der Waals surface area contributed by atoms with Gasteiger partial charge >= 0.3 is 0 Å². The molecule has 2 aliphatic carbocycles. The van der Waals surface area contributed by atoms with Gasteiger partial charge in [-0.3, -0.25) is 10.1 Å². The van der Waals surface area contributed by atoms with Gasteiger partial charge in [0.2, 0.25) is 5.88 Å². The van der Waals surface area contributed by atoms with Crippen LogP contribution >= 0.6 is 11.3 Å². The highest BCUT2D eigenvalue weighted by atomic mass is 32.1. The molecule has 1 amide bonds. The summed E-state index contributed by atoms with van der Waals surface area (Å²) in [5.74, 6) is 0.825. The van der Waals surface area contributed by atoms with E-state index in [0.29, 0.717) is 29.4 Å². The summed E-state index contributed by atoms with van der Waals surface area (Å²) in [6, 6.07) is 5.89. The predicted octanol–water partition coefficient (Wildman–Crippen LogP) is 3.37. The summed E-state index contributed by atoms with van der Waals surface area (Å²) in [4.78, 5) is 16.3. The molecule has 0 aromatic carbocycles. The molecule has 3 fully saturated rings. The van der Waals surface area contributed by atoms with Crippen LogP contribution in [0.25, 0.3) is 0 Å². The number of thiophene rings is 1. The van der Waals surface area contributed by atoms with E-state index in [1.165, 1.54) is 50.1 Å². The van der Waals surface area contributed by atoms with E-state index in [1.54, 1.807) is 17.4 Å². The number of amides is 1. The Morgan fingerprint density at radius 1 is 1.26 bits per heavy atom. The Morgan fingerprint density at radius 3 is 2.78 bits per heavy atom. The number of carbonyl (C=O) groups excluding carboxylic acids is 1. The lowest BCUT2D eigenvalue weighted by atomic mass is 10.0. The van der Waals surface area contributed by atoms with E-state index in [-0.39, 0.29) is 5.91 Å². The zero-order valence-electron chi connectivity index (χ0n) is 15.6. The number of aryl methyl sites for hydroxylation is 1. The van der Waals surface area contributed by atoms with Crippen LogP contribution in [0.15, 0.2) is 22.0 Å². The summed E-state index contributed by atoms with van der Waals surface area (Å²) in [5.41, 5.74) is 1.46. The number of likely N-dealkylation sites (tertiary alicyclic amines) is 1. The summed E-state index contributed by atoms with van der Waals surface area (Å²) < 4.78 is 5.06. The second-order valence-electron chi connectivity index (χ2n) is 8.18. The van der Waals surface area contributed by atoms with Crippen molar-refractivity contribution in [1.29, 1.82) is 0 Å². The van der Waals surface area contributed by atoms with Gasteiger partial charge in [0.05, 0.1) is 11.3 Å². The Kier molecular flexibility index (Phi) is 4.53. The molecule has 0 bridgehead atoms. The first-order valence-electron chi connectivity index (χ1n) is 9.99. The summed E-state index contributed by atoms with van der Waals surface area (Å²) in [6.45, 7) is 4.34. The van der Waals surface area contributed by atoms with Crippen molar-refractivity contribution >= 4 is 23.1 Å². The minimum absolute atomic E-state index is 0.133. The molecule has 6 nitrogen and oxygen atoms in total. The van der Waals surface area contributed by atoms with E-state index >= 15 is 0 Å². The number of nitrogens with zero attached hydrogens (tertiary/aromatic N) is 2. The molecule has 27 heavy (non-hydrogen) atoms. The highest BCUT2D eigenvalue weighted by Gasteiger charge is 2.41. The van der Waals surface area contributed by atoms with Crippen molar-refractivity contribution in [2.45, 2.75) is 63.1 Å². The van der Waals surface area contributed by atoms with Crippen LogP contribution in [0.3, 0.4) is 0 Å². The van der Waals surface area contributed by atoms with Gasteiger partial charge in [-0.2, -0.15) is 0 Å². The first kappa shape index (κ1) is 17.4. The lowest BCUT2D eigenvalue weighted by Gasteiger charge is -2.32. The molecule has 0 spiro atoms. The molecule has 3 heterocycles. The van der Waals surface area contributed by atoms with Crippen molar-refractivity contribution in [3.63, 3.8) is 0 Å². The second-order valence-corrected chi connectivity index (χ2v) is 9.12. The Morgan fingerprint density at radius 2 is 2.07 bits per heavy atom. The van der Waals surface area contributed by atoms with Crippen LogP contribution in [0.2, 0.25) is 0 Å². The smallest absolute Gasteiger partial charge is 0.258 e. The average Bonchev–Trinajstić information content (AvgIpc) is 3.56. The third kappa shape index (κ3) is 3.95. The van der Waals surface area contributed by atoms with E-state index in [2.05, 4.69) is 20.7 Å². The lowest BCUT2D eigenvalue weighted by Crippen LogP contribution is -2.44. The topological polar surface area (TPSA) is 70.4 Å². The SMILES string of the molecule is Cc1cc(NC(=O)c2csc(C3CC3NC3CCN(C4CC4)CC3)c2)on1. The quantitative estimate of drug-likeness (QED) is 0.797. The number of nitrogens with one attached hydrogen (secondary N) is 2. The molecule has 5 rings (SSSR count).